The summed E-state index contributed by atoms with van der Waals surface area (Å²) in [6, 6.07) is -0.195. The highest BCUT2D eigenvalue weighted by Gasteiger charge is 2.23. The van der Waals surface area contributed by atoms with Crippen LogP contribution in [0.5, 0.6) is 0 Å². The van der Waals surface area contributed by atoms with E-state index in [1.165, 1.54) is 12.8 Å². The van der Waals surface area contributed by atoms with E-state index in [0.29, 0.717) is 11.8 Å². The average Bonchev–Trinajstić information content (AvgIpc) is 2.14. The van der Waals surface area contributed by atoms with Gasteiger partial charge in [-0.25, -0.2) is 0 Å². The van der Waals surface area contributed by atoms with Crippen LogP contribution in [0.2, 0.25) is 0 Å². The molecule has 3 atom stereocenters. The van der Waals surface area contributed by atoms with E-state index in [1.54, 1.807) is 0 Å². The van der Waals surface area contributed by atoms with Gasteiger partial charge in [-0.1, -0.05) is 46.5 Å². The summed E-state index contributed by atoms with van der Waals surface area (Å²) < 4.78 is 0. The lowest BCUT2D eigenvalue weighted by molar-refractivity contribution is -0.137. The second kappa shape index (κ2) is 7.69. The zero-order chi connectivity index (χ0) is 11.8. The molecule has 0 aliphatic carbocycles. The van der Waals surface area contributed by atoms with Gasteiger partial charge in [-0.15, -0.1) is 0 Å². The Morgan fingerprint density at radius 2 is 2.00 bits per heavy atom. The Kier molecular flexibility index (Phi) is 7.39. The average molecular weight is 215 g/mol. The van der Waals surface area contributed by atoms with Crippen LogP contribution in [-0.4, -0.2) is 17.1 Å². The molecule has 0 aromatic carbocycles. The van der Waals surface area contributed by atoms with E-state index in [4.69, 9.17) is 10.8 Å². The molecule has 15 heavy (non-hydrogen) atoms. The molecule has 0 heterocycles. The van der Waals surface area contributed by atoms with Crippen molar-refractivity contribution in [3.63, 3.8) is 0 Å². The quantitative estimate of drug-likeness (QED) is 0.654. The maximum absolute atomic E-state index is 10.6. The van der Waals surface area contributed by atoms with Gasteiger partial charge < -0.3 is 10.8 Å². The van der Waals surface area contributed by atoms with Gasteiger partial charge in [-0.3, -0.25) is 4.79 Å². The van der Waals surface area contributed by atoms with Crippen LogP contribution in [0.25, 0.3) is 0 Å². The van der Waals surface area contributed by atoms with Crippen molar-refractivity contribution in [1.82, 2.24) is 0 Å². The molecular formula is C12H25NO2. The Bertz CT molecular complexity index is 182. The minimum atomic E-state index is -0.788. The summed E-state index contributed by atoms with van der Waals surface area (Å²) >= 11 is 0. The fraction of sp³-hybridized carbons (Fsp3) is 0.917. The summed E-state index contributed by atoms with van der Waals surface area (Å²) in [5.74, 6) is 0.0839. The van der Waals surface area contributed by atoms with Crippen molar-refractivity contribution in [2.24, 2.45) is 17.6 Å². The van der Waals surface area contributed by atoms with Crippen LogP contribution in [0, 0.1) is 11.8 Å². The fourth-order valence-corrected chi connectivity index (χ4v) is 2.22. The maximum Gasteiger partial charge on any atom is 0.304 e. The topological polar surface area (TPSA) is 63.3 Å². The number of unbranched alkanes of at least 4 members (excludes halogenated alkanes) is 1. The summed E-state index contributed by atoms with van der Waals surface area (Å²) in [7, 11) is 0. The van der Waals surface area contributed by atoms with Gasteiger partial charge in [-0.05, 0) is 11.8 Å². The maximum atomic E-state index is 10.6. The smallest absolute Gasteiger partial charge is 0.304 e. The lowest BCUT2D eigenvalue weighted by Gasteiger charge is -2.27. The van der Waals surface area contributed by atoms with Crippen molar-refractivity contribution in [1.29, 1.82) is 0 Å². The predicted molar refractivity (Wildman–Crippen MR) is 62.7 cm³/mol. The van der Waals surface area contributed by atoms with Crippen LogP contribution < -0.4 is 5.73 Å². The highest BCUT2D eigenvalue weighted by molar-refractivity contribution is 5.67. The van der Waals surface area contributed by atoms with Gasteiger partial charge in [0, 0.05) is 6.04 Å². The van der Waals surface area contributed by atoms with Gasteiger partial charge in [0.1, 0.15) is 0 Å². The zero-order valence-electron chi connectivity index (χ0n) is 10.2. The summed E-state index contributed by atoms with van der Waals surface area (Å²) in [5, 5.41) is 8.71. The summed E-state index contributed by atoms with van der Waals surface area (Å²) in [6.07, 6.45) is 4.61. The number of nitrogens with two attached hydrogens (primary N) is 1. The molecule has 3 unspecified atom stereocenters. The second-order valence-electron chi connectivity index (χ2n) is 4.45. The van der Waals surface area contributed by atoms with Gasteiger partial charge in [0.15, 0.2) is 0 Å². The Balaban J connectivity index is 4.13. The summed E-state index contributed by atoms with van der Waals surface area (Å²) in [6.45, 7) is 6.45. The Labute approximate surface area is 93.0 Å². The molecule has 0 aliphatic rings. The normalized spacial score (nSPS) is 17.1. The standard InChI is InChI=1S/C12H25NO2/c1-4-6-7-9(3)10(5-2)11(13)8-12(14)15/h9-11H,4-8,13H2,1-3H3,(H,14,15). The molecule has 3 nitrogen and oxygen atoms in total. The summed E-state index contributed by atoms with van der Waals surface area (Å²) in [5.41, 5.74) is 5.92. The molecule has 90 valence electrons. The van der Waals surface area contributed by atoms with Gasteiger partial charge in [0.05, 0.1) is 6.42 Å². The van der Waals surface area contributed by atoms with E-state index in [9.17, 15) is 4.79 Å². The van der Waals surface area contributed by atoms with E-state index in [1.807, 2.05) is 0 Å². The van der Waals surface area contributed by atoms with Crippen LogP contribution in [-0.2, 0) is 4.79 Å². The number of hydrogen-bond donors (Lipinski definition) is 2. The van der Waals surface area contributed by atoms with Gasteiger partial charge >= 0.3 is 5.97 Å². The minimum Gasteiger partial charge on any atom is -0.481 e. The number of carboxylic acids is 1. The van der Waals surface area contributed by atoms with Crippen molar-refractivity contribution in [3.05, 3.63) is 0 Å². The van der Waals surface area contributed by atoms with Gasteiger partial charge in [0.25, 0.3) is 0 Å². The van der Waals surface area contributed by atoms with Crippen LogP contribution >= 0.6 is 0 Å². The number of rotatable bonds is 8. The lowest BCUT2D eigenvalue weighted by atomic mass is 9.81. The molecule has 0 aliphatic heterocycles. The first-order chi connectivity index (χ1) is 7.02. The van der Waals surface area contributed by atoms with Crippen LogP contribution in [0.15, 0.2) is 0 Å². The van der Waals surface area contributed by atoms with Crippen LogP contribution in [0.3, 0.4) is 0 Å². The molecule has 0 rings (SSSR count). The number of aliphatic carboxylic acids is 1. The highest BCUT2D eigenvalue weighted by Crippen LogP contribution is 2.24. The van der Waals surface area contributed by atoms with E-state index in [2.05, 4.69) is 20.8 Å². The minimum absolute atomic E-state index is 0.0922. The molecule has 0 aromatic heterocycles. The molecule has 3 N–H and O–H groups in total. The molecule has 0 saturated heterocycles. The van der Waals surface area contributed by atoms with Crippen molar-refractivity contribution in [2.75, 3.05) is 0 Å². The van der Waals surface area contributed by atoms with Crippen molar-refractivity contribution < 1.29 is 9.90 Å². The number of carbonyl (C=O) groups is 1. The third-order valence-electron chi connectivity index (χ3n) is 3.18. The van der Waals surface area contributed by atoms with Crippen LogP contribution in [0.4, 0.5) is 0 Å². The van der Waals surface area contributed by atoms with Crippen molar-refractivity contribution in [3.8, 4) is 0 Å². The Hall–Kier alpha value is -0.570. The highest BCUT2D eigenvalue weighted by atomic mass is 16.4. The third-order valence-corrected chi connectivity index (χ3v) is 3.18. The Morgan fingerprint density at radius 3 is 2.40 bits per heavy atom. The molecule has 3 heteroatoms. The zero-order valence-corrected chi connectivity index (χ0v) is 10.2. The molecule has 0 aromatic rings. The molecule has 0 amide bonds. The number of hydrogen-bond acceptors (Lipinski definition) is 2. The first-order valence-electron chi connectivity index (χ1n) is 6.00. The fourth-order valence-electron chi connectivity index (χ4n) is 2.22. The molecule has 0 saturated carbocycles. The number of carboxylic acid groups (broad SMARTS) is 1. The Morgan fingerprint density at radius 1 is 1.40 bits per heavy atom. The van der Waals surface area contributed by atoms with E-state index in [-0.39, 0.29) is 12.5 Å². The van der Waals surface area contributed by atoms with Crippen molar-refractivity contribution in [2.45, 2.75) is 58.9 Å². The molecule has 0 radical (unpaired) electrons. The first-order valence-corrected chi connectivity index (χ1v) is 6.00. The third kappa shape index (κ3) is 5.78. The van der Waals surface area contributed by atoms with Crippen LogP contribution in [0.1, 0.15) is 52.9 Å². The predicted octanol–water partition coefficient (Wildman–Crippen LogP) is 2.64. The summed E-state index contributed by atoms with van der Waals surface area (Å²) in [4.78, 5) is 10.6. The SMILES string of the molecule is CCCCC(C)C(CC)C(N)CC(=O)O. The molecule has 0 spiro atoms. The molecular weight excluding hydrogens is 190 g/mol. The molecule has 0 fully saturated rings. The van der Waals surface area contributed by atoms with Crippen molar-refractivity contribution >= 4 is 5.97 Å². The van der Waals surface area contributed by atoms with Gasteiger partial charge in [0.2, 0.25) is 0 Å². The van der Waals surface area contributed by atoms with E-state index in [0.717, 1.165) is 12.8 Å². The lowest BCUT2D eigenvalue weighted by Crippen LogP contribution is -2.35. The second-order valence-corrected chi connectivity index (χ2v) is 4.45. The molecule has 0 bridgehead atoms. The largest absolute Gasteiger partial charge is 0.481 e. The monoisotopic (exact) mass is 215 g/mol. The van der Waals surface area contributed by atoms with E-state index < -0.39 is 5.97 Å². The van der Waals surface area contributed by atoms with E-state index >= 15 is 0 Å². The first kappa shape index (κ1) is 14.4. The van der Waals surface area contributed by atoms with Gasteiger partial charge in [-0.2, -0.15) is 0 Å².